The maximum atomic E-state index is 12.6. The number of piperidine rings is 1. The van der Waals surface area contributed by atoms with Crippen LogP contribution < -0.4 is 10.6 Å². The molecule has 5 nitrogen and oxygen atoms in total. The molecule has 0 spiro atoms. The van der Waals surface area contributed by atoms with Crippen LogP contribution >= 0.6 is 12.4 Å². The zero-order valence-electron chi connectivity index (χ0n) is 15.9. The first kappa shape index (κ1) is 22.5. The average molecular weight is 383 g/mol. The van der Waals surface area contributed by atoms with E-state index in [2.05, 4.69) is 17.6 Å². The van der Waals surface area contributed by atoms with Gasteiger partial charge in [-0.05, 0) is 50.3 Å². The van der Waals surface area contributed by atoms with Gasteiger partial charge < -0.3 is 15.4 Å². The zero-order chi connectivity index (χ0) is 18.2. The van der Waals surface area contributed by atoms with Crippen LogP contribution in [0.1, 0.15) is 44.7 Å². The van der Waals surface area contributed by atoms with Gasteiger partial charge in [-0.2, -0.15) is 0 Å². The predicted molar refractivity (Wildman–Crippen MR) is 105 cm³/mol. The first-order valence-electron chi connectivity index (χ1n) is 9.15. The summed E-state index contributed by atoms with van der Waals surface area (Å²) in [5.41, 5.74) is 0.917. The van der Waals surface area contributed by atoms with Gasteiger partial charge in [0.1, 0.15) is 0 Å². The lowest BCUT2D eigenvalue weighted by molar-refractivity contribution is -0.146. The Morgan fingerprint density at radius 2 is 1.96 bits per heavy atom. The Labute approximate surface area is 162 Å². The van der Waals surface area contributed by atoms with Crippen molar-refractivity contribution in [2.75, 3.05) is 20.2 Å². The van der Waals surface area contributed by atoms with Gasteiger partial charge in [0.2, 0.25) is 5.91 Å². The van der Waals surface area contributed by atoms with Crippen molar-refractivity contribution in [3.05, 3.63) is 35.9 Å². The van der Waals surface area contributed by atoms with Gasteiger partial charge in [-0.3, -0.25) is 9.59 Å². The van der Waals surface area contributed by atoms with Gasteiger partial charge in [-0.15, -0.1) is 12.4 Å². The fourth-order valence-corrected chi connectivity index (χ4v) is 3.54. The van der Waals surface area contributed by atoms with Crippen LogP contribution in [0.5, 0.6) is 0 Å². The smallest absolute Gasteiger partial charge is 0.310 e. The molecule has 0 bridgehead atoms. The van der Waals surface area contributed by atoms with E-state index in [0.29, 0.717) is 18.3 Å². The highest BCUT2D eigenvalue weighted by Crippen LogP contribution is 2.26. The van der Waals surface area contributed by atoms with Gasteiger partial charge in [-0.25, -0.2) is 0 Å². The van der Waals surface area contributed by atoms with E-state index in [9.17, 15) is 9.59 Å². The largest absolute Gasteiger partial charge is 0.469 e. The van der Waals surface area contributed by atoms with Crippen molar-refractivity contribution < 1.29 is 14.3 Å². The Kier molecular flexibility index (Phi) is 9.66. The molecule has 2 N–H and O–H groups in total. The molecule has 1 aliphatic rings. The zero-order valence-corrected chi connectivity index (χ0v) is 16.7. The molecule has 1 fully saturated rings. The normalized spacial score (nSPS) is 20.2. The molecule has 4 unspecified atom stereocenters. The summed E-state index contributed by atoms with van der Waals surface area (Å²) in [6.45, 7) is 5.98. The SMILES string of the molecule is COC(=O)C(C)C(NC(=O)CC(C)C1CCCNC1)c1ccccc1.Cl. The lowest BCUT2D eigenvalue weighted by Crippen LogP contribution is -2.39. The monoisotopic (exact) mass is 382 g/mol. The predicted octanol–water partition coefficient (Wildman–Crippen LogP) is 3.10. The molecule has 1 aliphatic heterocycles. The van der Waals surface area contributed by atoms with Crippen LogP contribution in [0.25, 0.3) is 0 Å². The molecular weight excluding hydrogens is 352 g/mol. The van der Waals surface area contributed by atoms with Crippen LogP contribution in [0.4, 0.5) is 0 Å². The lowest BCUT2D eigenvalue weighted by Gasteiger charge is -2.29. The van der Waals surface area contributed by atoms with Gasteiger partial charge in [-0.1, -0.05) is 37.3 Å². The number of hydrogen-bond donors (Lipinski definition) is 2. The number of halogens is 1. The molecule has 6 heteroatoms. The Hall–Kier alpha value is -1.59. The first-order valence-corrected chi connectivity index (χ1v) is 9.15. The molecule has 1 heterocycles. The molecule has 26 heavy (non-hydrogen) atoms. The second kappa shape index (κ2) is 11.2. The van der Waals surface area contributed by atoms with Crippen molar-refractivity contribution >= 4 is 24.3 Å². The van der Waals surface area contributed by atoms with E-state index in [1.54, 1.807) is 6.92 Å². The Bertz CT molecular complexity index is 561. The van der Waals surface area contributed by atoms with Crippen LogP contribution in [0.3, 0.4) is 0 Å². The minimum atomic E-state index is -0.442. The van der Waals surface area contributed by atoms with E-state index in [-0.39, 0.29) is 30.3 Å². The van der Waals surface area contributed by atoms with Crippen molar-refractivity contribution in [3.8, 4) is 0 Å². The van der Waals surface area contributed by atoms with Gasteiger partial charge in [0.15, 0.2) is 0 Å². The summed E-state index contributed by atoms with van der Waals surface area (Å²) < 4.78 is 4.87. The molecule has 1 aromatic carbocycles. The Morgan fingerprint density at radius 3 is 2.54 bits per heavy atom. The van der Waals surface area contributed by atoms with Crippen LogP contribution in [0.2, 0.25) is 0 Å². The Morgan fingerprint density at radius 1 is 1.27 bits per heavy atom. The quantitative estimate of drug-likeness (QED) is 0.711. The molecule has 2 rings (SSSR count). The summed E-state index contributed by atoms with van der Waals surface area (Å²) in [5.74, 6) is 0.0785. The number of ether oxygens (including phenoxy) is 1. The lowest BCUT2D eigenvalue weighted by atomic mass is 9.85. The number of amides is 1. The number of esters is 1. The summed E-state index contributed by atoms with van der Waals surface area (Å²) in [4.78, 5) is 24.6. The fourth-order valence-electron chi connectivity index (χ4n) is 3.54. The van der Waals surface area contributed by atoms with Gasteiger partial charge in [0.25, 0.3) is 0 Å². The summed E-state index contributed by atoms with van der Waals surface area (Å²) >= 11 is 0. The summed E-state index contributed by atoms with van der Waals surface area (Å²) in [6.07, 6.45) is 2.81. The van der Waals surface area contributed by atoms with E-state index < -0.39 is 5.92 Å². The van der Waals surface area contributed by atoms with Crippen molar-refractivity contribution in [1.82, 2.24) is 10.6 Å². The molecule has 146 valence electrons. The number of carbonyl (C=O) groups is 2. The number of methoxy groups -OCH3 is 1. The third-order valence-electron chi connectivity index (χ3n) is 5.20. The summed E-state index contributed by atoms with van der Waals surface area (Å²) in [6, 6.07) is 9.22. The Balaban J connectivity index is 0.00000338. The van der Waals surface area contributed by atoms with Crippen molar-refractivity contribution in [2.45, 2.75) is 39.2 Å². The van der Waals surface area contributed by atoms with E-state index in [0.717, 1.165) is 18.7 Å². The molecule has 1 amide bonds. The average Bonchev–Trinajstić information content (AvgIpc) is 2.66. The second-order valence-corrected chi connectivity index (χ2v) is 7.06. The molecule has 0 aromatic heterocycles. The molecular formula is C20H31ClN2O3. The maximum absolute atomic E-state index is 12.6. The van der Waals surface area contributed by atoms with Crippen molar-refractivity contribution in [3.63, 3.8) is 0 Å². The third kappa shape index (κ3) is 6.29. The number of rotatable bonds is 7. The van der Waals surface area contributed by atoms with Gasteiger partial charge in [0, 0.05) is 6.42 Å². The van der Waals surface area contributed by atoms with E-state index in [1.165, 1.54) is 20.0 Å². The van der Waals surface area contributed by atoms with Crippen LogP contribution in [0, 0.1) is 17.8 Å². The van der Waals surface area contributed by atoms with E-state index in [4.69, 9.17) is 4.74 Å². The number of hydrogen-bond acceptors (Lipinski definition) is 4. The van der Waals surface area contributed by atoms with Crippen LogP contribution in [-0.2, 0) is 14.3 Å². The topological polar surface area (TPSA) is 67.4 Å². The second-order valence-electron chi connectivity index (χ2n) is 7.06. The maximum Gasteiger partial charge on any atom is 0.310 e. The van der Waals surface area contributed by atoms with E-state index in [1.807, 2.05) is 30.3 Å². The third-order valence-corrected chi connectivity index (χ3v) is 5.20. The van der Waals surface area contributed by atoms with Gasteiger partial charge >= 0.3 is 5.97 Å². The minimum absolute atomic E-state index is 0. The fraction of sp³-hybridized carbons (Fsp3) is 0.600. The first-order chi connectivity index (χ1) is 12.0. The van der Waals surface area contributed by atoms with Crippen LogP contribution in [0.15, 0.2) is 30.3 Å². The number of benzene rings is 1. The van der Waals surface area contributed by atoms with Gasteiger partial charge in [0.05, 0.1) is 19.1 Å². The number of carbonyl (C=O) groups excluding carboxylic acids is 2. The van der Waals surface area contributed by atoms with Crippen molar-refractivity contribution in [2.24, 2.45) is 17.8 Å². The molecule has 4 atom stereocenters. The molecule has 0 saturated carbocycles. The highest BCUT2D eigenvalue weighted by Gasteiger charge is 2.29. The molecule has 1 saturated heterocycles. The standard InChI is InChI=1S/C20H30N2O3.ClH/c1-14(17-10-7-11-21-13-17)12-18(23)22-19(15(2)20(24)25-3)16-8-5-4-6-9-16;/h4-6,8-9,14-15,17,19,21H,7,10-13H2,1-3H3,(H,22,23);1H. The van der Waals surface area contributed by atoms with Crippen LogP contribution in [-0.4, -0.2) is 32.1 Å². The minimum Gasteiger partial charge on any atom is -0.469 e. The molecule has 0 radical (unpaired) electrons. The summed E-state index contributed by atoms with van der Waals surface area (Å²) in [7, 11) is 1.38. The molecule has 1 aromatic rings. The summed E-state index contributed by atoms with van der Waals surface area (Å²) in [5, 5.41) is 6.46. The van der Waals surface area contributed by atoms with E-state index >= 15 is 0 Å². The molecule has 0 aliphatic carbocycles. The highest BCUT2D eigenvalue weighted by atomic mass is 35.5. The van der Waals surface area contributed by atoms with Crippen molar-refractivity contribution in [1.29, 1.82) is 0 Å². The number of nitrogens with one attached hydrogen (secondary N) is 2. The highest BCUT2D eigenvalue weighted by molar-refractivity contribution is 5.85.